The summed E-state index contributed by atoms with van der Waals surface area (Å²) in [6, 6.07) is 2.98. The molecule has 1 heterocycles. The third-order valence-electron chi connectivity index (χ3n) is 2.66. The molecule has 1 aromatic carbocycles. The van der Waals surface area contributed by atoms with Crippen LogP contribution in [0.5, 0.6) is 5.75 Å². The molecule has 0 atom stereocenters. The molecule has 0 unspecified atom stereocenters. The molecule has 0 aliphatic carbocycles. The highest BCUT2D eigenvalue weighted by Crippen LogP contribution is 2.31. The number of aryl methyl sites for hydroxylation is 1. The summed E-state index contributed by atoms with van der Waals surface area (Å²) in [5.41, 5.74) is 7.61. The number of hydrogen-bond donors (Lipinski definition) is 2. The van der Waals surface area contributed by atoms with E-state index in [0.717, 1.165) is 10.2 Å². The number of halogens is 3. The molecule has 102 valence electrons. The van der Waals surface area contributed by atoms with Gasteiger partial charge in [-0.2, -0.15) is 18.3 Å². The molecule has 0 aliphatic heterocycles. The molecular formula is C12H12F3N3O. The average Bonchev–Trinajstić information content (AvgIpc) is 2.69. The van der Waals surface area contributed by atoms with Crippen molar-refractivity contribution in [3.8, 4) is 16.9 Å². The van der Waals surface area contributed by atoms with E-state index < -0.39 is 12.7 Å². The first-order chi connectivity index (χ1) is 8.76. The van der Waals surface area contributed by atoms with Gasteiger partial charge in [-0.05, 0) is 30.2 Å². The summed E-state index contributed by atoms with van der Waals surface area (Å²) in [6.45, 7) is 0.610. The Morgan fingerprint density at radius 3 is 2.68 bits per heavy atom. The first-order valence-corrected chi connectivity index (χ1v) is 5.45. The van der Waals surface area contributed by atoms with E-state index in [1.54, 1.807) is 13.0 Å². The van der Waals surface area contributed by atoms with Gasteiger partial charge in [-0.25, -0.2) is 0 Å². The second-order valence-corrected chi connectivity index (χ2v) is 4.27. The van der Waals surface area contributed by atoms with Gasteiger partial charge in [-0.3, -0.25) is 4.68 Å². The number of nitrogen functional groups attached to an aromatic ring is 1. The fourth-order valence-corrected chi connectivity index (χ4v) is 1.80. The number of hydrogen-bond acceptors (Lipinski definition) is 3. The summed E-state index contributed by atoms with van der Waals surface area (Å²) in [4.78, 5) is 0. The molecule has 0 amide bonds. The van der Waals surface area contributed by atoms with Gasteiger partial charge in [0.05, 0.1) is 11.9 Å². The lowest BCUT2D eigenvalue weighted by molar-refractivity contribution is -0.142. The second-order valence-electron chi connectivity index (χ2n) is 4.27. The van der Waals surface area contributed by atoms with Crippen molar-refractivity contribution in [3.63, 3.8) is 0 Å². The Hall–Kier alpha value is -2.18. The summed E-state index contributed by atoms with van der Waals surface area (Å²) in [7, 11) is 0. The van der Waals surface area contributed by atoms with Crippen LogP contribution >= 0.6 is 0 Å². The fraction of sp³-hybridized carbons (Fsp3) is 0.250. The van der Waals surface area contributed by atoms with Gasteiger partial charge in [0.15, 0.2) is 0 Å². The van der Waals surface area contributed by atoms with Gasteiger partial charge >= 0.3 is 6.18 Å². The Morgan fingerprint density at radius 2 is 2.05 bits per heavy atom. The van der Waals surface area contributed by atoms with E-state index in [4.69, 9.17) is 5.73 Å². The van der Waals surface area contributed by atoms with Gasteiger partial charge in [0, 0.05) is 11.8 Å². The molecule has 0 fully saturated rings. The minimum absolute atomic E-state index is 0.107. The van der Waals surface area contributed by atoms with Crippen molar-refractivity contribution < 1.29 is 18.3 Å². The normalized spacial score (nSPS) is 11.8. The number of nitrogens with two attached hydrogens (primary N) is 1. The number of phenols is 1. The van der Waals surface area contributed by atoms with Crippen molar-refractivity contribution in [2.75, 3.05) is 5.73 Å². The van der Waals surface area contributed by atoms with Crippen molar-refractivity contribution in [2.24, 2.45) is 0 Å². The summed E-state index contributed by atoms with van der Waals surface area (Å²) in [6.07, 6.45) is -1.71. The average molecular weight is 271 g/mol. The van der Waals surface area contributed by atoms with E-state index in [1.807, 2.05) is 0 Å². The number of nitrogens with zero attached hydrogens (tertiary/aromatic N) is 2. The van der Waals surface area contributed by atoms with Crippen molar-refractivity contribution in [1.82, 2.24) is 9.78 Å². The maximum atomic E-state index is 12.2. The van der Waals surface area contributed by atoms with Crippen LogP contribution in [0.15, 0.2) is 24.5 Å². The number of aromatic nitrogens is 2. The number of anilines is 1. The van der Waals surface area contributed by atoms with Crippen molar-refractivity contribution in [3.05, 3.63) is 30.1 Å². The van der Waals surface area contributed by atoms with Gasteiger partial charge in [-0.1, -0.05) is 0 Å². The molecule has 2 aromatic rings. The Labute approximate surface area is 107 Å². The molecule has 1 aromatic heterocycles. The van der Waals surface area contributed by atoms with Crippen LogP contribution in [-0.4, -0.2) is 21.1 Å². The third kappa shape index (κ3) is 2.98. The molecule has 19 heavy (non-hydrogen) atoms. The molecule has 0 spiro atoms. The Kier molecular flexibility index (Phi) is 3.13. The zero-order valence-corrected chi connectivity index (χ0v) is 10.1. The fourth-order valence-electron chi connectivity index (χ4n) is 1.80. The largest absolute Gasteiger partial charge is 0.506 e. The van der Waals surface area contributed by atoms with Gasteiger partial charge in [0.25, 0.3) is 0 Å². The van der Waals surface area contributed by atoms with Crippen molar-refractivity contribution in [2.45, 2.75) is 19.6 Å². The van der Waals surface area contributed by atoms with E-state index in [9.17, 15) is 18.3 Å². The molecule has 7 heteroatoms. The van der Waals surface area contributed by atoms with Crippen LogP contribution in [-0.2, 0) is 6.54 Å². The maximum Gasteiger partial charge on any atom is 0.408 e. The predicted molar refractivity (Wildman–Crippen MR) is 64.5 cm³/mol. The number of benzene rings is 1. The third-order valence-corrected chi connectivity index (χ3v) is 2.66. The van der Waals surface area contributed by atoms with E-state index >= 15 is 0 Å². The quantitative estimate of drug-likeness (QED) is 0.652. The number of alkyl halides is 3. The van der Waals surface area contributed by atoms with Crippen LogP contribution in [0.25, 0.3) is 11.1 Å². The molecule has 0 saturated heterocycles. The van der Waals surface area contributed by atoms with Crippen molar-refractivity contribution in [1.29, 1.82) is 0 Å². The number of aromatic hydroxyl groups is 1. The lowest BCUT2D eigenvalue weighted by atomic mass is 10.0. The molecular weight excluding hydrogens is 259 g/mol. The van der Waals surface area contributed by atoms with Crippen molar-refractivity contribution >= 4 is 5.69 Å². The standard InChI is InChI=1S/C12H12F3N3O/c1-7-2-10(16)11(19)3-9(7)8-4-17-18(5-8)6-12(13,14)15/h2-5,19H,6,16H2,1H3. The number of phenolic OH excluding ortho intramolecular Hbond substituents is 1. The molecule has 2 rings (SSSR count). The van der Waals surface area contributed by atoms with Crippen LogP contribution in [0.2, 0.25) is 0 Å². The monoisotopic (exact) mass is 271 g/mol. The van der Waals surface area contributed by atoms with Gasteiger partial charge in [0.2, 0.25) is 0 Å². The van der Waals surface area contributed by atoms with E-state index in [0.29, 0.717) is 11.1 Å². The second kappa shape index (κ2) is 4.49. The van der Waals surface area contributed by atoms with Gasteiger partial charge in [-0.15, -0.1) is 0 Å². The highest BCUT2D eigenvalue weighted by atomic mass is 19.4. The minimum Gasteiger partial charge on any atom is -0.506 e. The summed E-state index contributed by atoms with van der Waals surface area (Å²) >= 11 is 0. The Morgan fingerprint density at radius 1 is 1.37 bits per heavy atom. The van der Waals surface area contributed by atoms with Crippen LogP contribution in [0, 0.1) is 6.92 Å². The summed E-state index contributed by atoms with van der Waals surface area (Å²) < 4.78 is 37.5. The first-order valence-electron chi connectivity index (χ1n) is 5.45. The summed E-state index contributed by atoms with van der Waals surface area (Å²) in [5, 5.41) is 13.2. The van der Waals surface area contributed by atoms with E-state index in [1.165, 1.54) is 18.5 Å². The Balaban J connectivity index is 2.36. The molecule has 0 bridgehead atoms. The lowest BCUT2D eigenvalue weighted by Gasteiger charge is -2.07. The molecule has 0 aliphatic rings. The highest BCUT2D eigenvalue weighted by molar-refractivity contribution is 5.72. The van der Waals surface area contributed by atoms with E-state index in [-0.39, 0.29) is 11.4 Å². The van der Waals surface area contributed by atoms with Crippen LogP contribution in [0.4, 0.5) is 18.9 Å². The van der Waals surface area contributed by atoms with E-state index in [2.05, 4.69) is 5.10 Å². The molecule has 0 saturated carbocycles. The van der Waals surface area contributed by atoms with Gasteiger partial charge in [0.1, 0.15) is 12.3 Å². The van der Waals surface area contributed by atoms with Gasteiger partial charge < -0.3 is 10.8 Å². The van der Waals surface area contributed by atoms with Crippen LogP contribution < -0.4 is 5.73 Å². The highest BCUT2D eigenvalue weighted by Gasteiger charge is 2.28. The topological polar surface area (TPSA) is 64.1 Å². The zero-order chi connectivity index (χ0) is 14.2. The molecule has 4 nitrogen and oxygen atoms in total. The van der Waals surface area contributed by atoms with Crippen LogP contribution in [0.1, 0.15) is 5.56 Å². The Bertz CT molecular complexity index is 605. The molecule has 0 radical (unpaired) electrons. The lowest BCUT2D eigenvalue weighted by Crippen LogP contribution is -2.17. The van der Waals surface area contributed by atoms with Crippen LogP contribution in [0.3, 0.4) is 0 Å². The maximum absolute atomic E-state index is 12.2. The summed E-state index contributed by atoms with van der Waals surface area (Å²) in [5.74, 6) is -0.107. The first kappa shape index (κ1) is 13.3. The smallest absolute Gasteiger partial charge is 0.408 e. The SMILES string of the molecule is Cc1cc(N)c(O)cc1-c1cnn(CC(F)(F)F)c1. The minimum atomic E-state index is -4.32. The number of rotatable bonds is 2. The zero-order valence-electron chi connectivity index (χ0n) is 10.1. The predicted octanol–water partition coefficient (Wildman–Crippen LogP) is 2.71. The molecule has 3 N–H and O–H groups in total.